The van der Waals surface area contributed by atoms with Gasteiger partial charge in [0, 0.05) is 39.3 Å². The molecule has 3 rings (SSSR count). The van der Waals surface area contributed by atoms with E-state index in [9.17, 15) is 4.39 Å². The molecule has 1 aliphatic heterocycles. The first-order valence-corrected chi connectivity index (χ1v) is 9.04. The SMILES string of the molecule is Cc1ccc(CN2CCN(Cc3cccc(F)c3)CC2)cc1.O=C(O)C(=O)O. The minimum atomic E-state index is -1.82. The van der Waals surface area contributed by atoms with Crippen LogP contribution in [0, 0.1) is 12.7 Å². The van der Waals surface area contributed by atoms with Crippen LogP contribution in [0.5, 0.6) is 0 Å². The zero-order valence-corrected chi connectivity index (χ0v) is 15.8. The molecule has 0 saturated carbocycles. The fourth-order valence-corrected chi connectivity index (χ4v) is 2.95. The van der Waals surface area contributed by atoms with Gasteiger partial charge < -0.3 is 10.2 Å². The summed E-state index contributed by atoms with van der Waals surface area (Å²) in [5, 5.41) is 14.8. The number of piperazine rings is 1. The molecule has 0 amide bonds. The van der Waals surface area contributed by atoms with Gasteiger partial charge in [0.25, 0.3) is 0 Å². The van der Waals surface area contributed by atoms with Crippen molar-refractivity contribution in [3.63, 3.8) is 0 Å². The first-order chi connectivity index (χ1) is 13.3. The number of aryl methyl sites for hydroxylation is 1. The Labute approximate surface area is 163 Å². The third-order valence-corrected chi connectivity index (χ3v) is 4.47. The second kappa shape index (κ2) is 10.5. The van der Waals surface area contributed by atoms with E-state index in [1.807, 2.05) is 6.07 Å². The lowest BCUT2D eigenvalue weighted by Gasteiger charge is -2.34. The van der Waals surface area contributed by atoms with Crippen LogP contribution < -0.4 is 0 Å². The molecule has 1 aliphatic rings. The van der Waals surface area contributed by atoms with Gasteiger partial charge in [0.2, 0.25) is 0 Å². The predicted octanol–water partition coefficient (Wildman–Crippen LogP) is 2.61. The highest BCUT2D eigenvalue weighted by atomic mass is 19.1. The molecule has 0 bridgehead atoms. The van der Waals surface area contributed by atoms with Crippen molar-refractivity contribution >= 4 is 11.9 Å². The van der Waals surface area contributed by atoms with Crippen LogP contribution in [0.4, 0.5) is 4.39 Å². The van der Waals surface area contributed by atoms with E-state index in [0.29, 0.717) is 0 Å². The van der Waals surface area contributed by atoms with Crippen LogP contribution in [-0.2, 0) is 22.7 Å². The number of nitrogens with zero attached hydrogens (tertiary/aromatic N) is 2. The van der Waals surface area contributed by atoms with Gasteiger partial charge in [0.1, 0.15) is 5.82 Å². The minimum absolute atomic E-state index is 0.143. The van der Waals surface area contributed by atoms with Crippen molar-refractivity contribution < 1.29 is 24.2 Å². The van der Waals surface area contributed by atoms with E-state index in [4.69, 9.17) is 19.8 Å². The zero-order chi connectivity index (χ0) is 20.5. The predicted molar refractivity (Wildman–Crippen MR) is 103 cm³/mol. The summed E-state index contributed by atoms with van der Waals surface area (Å²) in [5.41, 5.74) is 3.75. The van der Waals surface area contributed by atoms with Crippen molar-refractivity contribution in [2.24, 2.45) is 0 Å². The van der Waals surface area contributed by atoms with Gasteiger partial charge in [0.15, 0.2) is 0 Å². The number of carbonyl (C=O) groups is 2. The number of carboxylic acids is 2. The number of carboxylic acid groups (broad SMARTS) is 2. The Kier molecular flexibility index (Phi) is 8.10. The number of benzene rings is 2. The van der Waals surface area contributed by atoms with Crippen LogP contribution in [0.15, 0.2) is 48.5 Å². The molecule has 2 aromatic carbocycles. The summed E-state index contributed by atoms with van der Waals surface area (Å²) in [5.74, 6) is -3.79. The minimum Gasteiger partial charge on any atom is -0.473 e. The molecule has 150 valence electrons. The molecule has 0 spiro atoms. The average molecular weight is 388 g/mol. The van der Waals surface area contributed by atoms with Crippen LogP contribution in [0.3, 0.4) is 0 Å². The monoisotopic (exact) mass is 388 g/mol. The molecule has 2 N–H and O–H groups in total. The second-order valence-electron chi connectivity index (χ2n) is 6.78. The third kappa shape index (κ3) is 7.46. The first-order valence-electron chi connectivity index (χ1n) is 9.04. The Hall–Kier alpha value is -2.77. The molecule has 1 fully saturated rings. The molecule has 1 heterocycles. The van der Waals surface area contributed by atoms with Crippen LogP contribution in [0.2, 0.25) is 0 Å². The van der Waals surface area contributed by atoms with Gasteiger partial charge in [-0.05, 0) is 30.2 Å². The summed E-state index contributed by atoms with van der Waals surface area (Å²) >= 11 is 0. The van der Waals surface area contributed by atoms with E-state index in [1.54, 1.807) is 12.1 Å². The van der Waals surface area contributed by atoms with Crippen LogP contribution in [-0.4, -0.2) is 58.1 Å². The van der Waals surface area contributed by atoms with Crippen molar-refractivity contribution in [2.45, 2.75) is 20.0 Å². The maximum atomic E-state index is 13.2. The van der Waals surface area contributed by atoms with Crippen LogP contribution >= 0.6 is 0 Å². The van der Waals surface area contributed by atoms with Crippen molar-refractivity contribution in [1.29, 1.82) is 0 Å². The highest BCUT2D eigenvalue weighted by Crippen LogP contribution is 2.13. The molecule has 6 nitrogen and oxygen atoms in total. The Morgan fingerprint density at radius 1 is 0.857 bits per heavy atom. The first kappa shape index (κ1) is 21.5. The molecule has 0 radical (unpaired) electrons. The maximum absolute atomic E-state index is 13.2. The molecule has 0 aliphatic carbocycles. The second-order valence-corrected chi connectivity index (χ2v) is 6.78. The van der Waals surface area contributed by atoms with Crippen molar-refractivity contribution in [1.82, 2.24) is 9.80 Å². The molecule has 0 unspecified atom stereocenters. The fraction of sp³-hybridized carbons (Fsp3) is 0.333. The summed E-state index contributed by atoms with van der Waals surface area (Å²) < 4.78 is 13.2. The zero-order valence-electron chi connectivity index (χ0n) is 15.8. The lowest BCUT2D eigenvalue weighted by Crippen LogP contribution is -2.45. The quantitative estimate of drug-likeness (QED) is 0.784. The molecular formula is C21H25FN2O4. The van der Waals surface area contributed by atoms with Gasteiger partial charge in [0.05, 0.1) is 0 Å². The molecule has 0 atom stereocenters. The third-order valence-electron chi connectivity index (χ3n) is 4.47. The van der Waals surface area contributed by atoms with Crippen LogP contribution in [0.1, 0.15) is 16.7 Å². The number of hydrogen-bond acceptors (Lipinski definition) is 4. The Morgan fingerprint density at radius 2 is 1.36 bits per heavy atom. The van der Waals surface area contributed by atoms with E-state index in [-0.39, 0.29) is 5.82 Å². The lowest BCUT2D eigenvalue weighted by molar-refractivity contribution is -0.159. The lowest BCUT2D eigenvalue weighted by atomic mass is 10.1. The van der Waals surface area contributed by atoms with E-state index in [2.05, 4.69) is 41.0 Å². The van der Waals surface area contributed by atoms with E-state index in [1.165, 1.54) is 17.2 Å². The number of hydrogen-bond donors (Lipinski definition) is 2. The Balaban J connectivity index is 0.000000409. The van der Waals surface area contributed by atoms with Crippen molar-refractivity contribution in [2.75, 3.05) is 26.2 Å². The summed E-state index contributed by atoms with van der Waals surface area (Å²) in [7, 11) is 0. The fourth-order valence-electron chi connectivity index (χ4n) is 2.95. The number of rotatable bonds is 4. The smallest absolute Gasteiger partial charge is 0.414 e. The molecule has 28 heavy (non-hydrogen) atoms. The van der Waals surface area contributed by atoms with Gasteiger partial charge in [-0.15, -0.1) is 0 Å². The van der Waals surface area contributed by atoms with E-state index in [0.717, 1.165) is 44.8 Å². The highest BCUT2D eigenvalue weighted by Gasteiger charge is 2.17. The largest absolute Gasteiger partial charge is 0.473 e. The standard InChI is InChI=1S/C19H23FN2.C2H2O4/c1-16-5-7-17(8-6-16)14-21-9-11-22(12-10-21)15-18-3-2-4-19(20)13-18;3-1(4)2(5)6/h2-8,13H,9-12,14-15H2,1H3;(H,3,4)(H,5,6). The van der Waals surface area contributed by atoms with Crippen molar-refractivity contribution in [3.8, 4) is 0 Å². The summed E-state index contributed by atoms with van der Waals surface area (Å²) in [4.78, 5) is 23.1. The van der Waals surface area contributed by atoms with E-state index >= 15 is 0 Å². The Bertz CT molecular complexity index is 775. The van der Waals surface area contributed by atoms with E-state index < -0.39 is 11.9 Å². The van der Waals surface area contributed by atoms with Gasteiger partial charge in [-0.1, -0.05) is 42.0 Å². The molecule has 2 aromatic rings. The maximum Gasteiger partial charge on any atom is 0.414 e. The van der Waals surface area contributed by atoms with Gasteiger partial charge in [-0.3, -0.25) is 9.80 Å². The van der Waals surface area contributed by atoms with Crippen molar-refractivity contribution in [3.05, 3.63) is 71.0 Å². The normalized spacial score (nSPS) is 14.8. The summed E-state index contributed by atoms with van der Waals surface area (Å²) in [6.07, 6.45) is 0. The molecule has 7 heteroatoms. The highest BCUT2D eigenvalue weighted by molar-refractivity contribution is 6.27. The summed E-state index contributed by atoms with van der Waals surface area (Å²) in [6.45, 7) is 8.22. The van der Waals surface area contributed by atoms with Crippen LogP contribution in [0.25, 0.3) is 0 Å². The van der Waals surface area contributed by atoms with Gasteiger partial charge in [-0.25, -0.2) is 14.0 Å². The topological polar surface area (TPSA) is 81.1 Å². The number of halogens is 1. The Morgan fingerprint density at radius 3 is 1.82 bits per heavy atom. The number of aliphatic carboxylic acids is 2. The average Bonchev–Trinajstić information content (AvgIpc) is 2.66. The van der Waals surface area contributed by atoms with Gasteiger partial charge >= 0.3 is 11.9 Å². The summed E-state index contributed by atoms with van der Waals surface area (Å²) in [6, 6.07) is 15.7. The molecule has 0 aromatic heterocycles. The molecule has 1 saturated heterocycles. The van der Waals surface area contributed by atoms with Gasteiger partial charge in [-0.2, -0.15) is 0 Å². The molecular weight excluding hydrogens is 363 g/mol.